The number of piperazine rings is 1. The summed E-state index contributed by atoms with van der Waals surface area (Å²) >= 11 is 0. The number of nitrogens with zero attached hydrogens (tertiary/aromatic N) is 4. The summed E-state index contributed by atoms with van der Waals surface area (Å²) in [5.41, 5.74) is 0.709. The molecule has 0 amide bonds. The lowest BCUT2D eigenvalue weighted by Crippen LogP contribution is -2.52. The third kappa shape index (κ3) is 5.34. The predicted octanol–water partition coefficient (Wildman–Crippen LogP) is 2.65. The van der Waals surface area contributed by atoms with Gasteiger partial charge in [0.25, 0.3) is 0 Å². The van der Waals surface area contributed by atoms with Gasteiger partial charge in [-0.2, -0.15) is 0 Å². The Labute approximate surface area is 163 Å². The number of hydrogen-bond donors (Lipinski definition) is 1. The number of likely N-dealkylation sites (tertiary alicyclic amines) is 1. The number of benzene rings is 1. The normalized spacial score (nSPS) is 21.7. The molecule has 1 N–H and O–H groups in total. The maximum absolute atomic E-state index is 14.0. The van der Waals surface area contributed by atoms with Crippen LogP contribution >= 0.6 is 0 Å². The van der Waals surface area contributed by atoms with E-state index in [4.69, 9.17) is 4.99 Å². The molecule has 2 aliphatic rings. The number of halogens is 1. The third-order valence-corrected chi connectivity index (χ3v) is 5.52. The van der Waals surface area contributed by atoms with Gasteiger partial charge in [0.15, 0.2) is 5.96 Å². The second-order valence-corrected chi connectivity index (χ2v) is 7.58. The maximum Gasteiger partial charge on any atom is 0.194 e. The van der Waals surface area contributed by atoms with Gasteiger partial charge in [0.05, 0.1) is 5.69 Å². The highest BCUT2D eigenvalue weighted by atomic mass is 19.1. The molecule has 0 aliphatic carbocycles. The number of aliphatic imine (C=N–C) groups is 1. The first kappa shape index (κ1) is 19.9. The molecule has 1 aromatic rings. The molecule has 5 nitrogen and oxygen atoms in total. The molecule has 0 saturated carbocycles. The lowest BCUT2D eigenvalue weighted by atomic mass is 10.1. The molecule has 2 aliphatic heterocycles. The van der Waals surface area contributed by atoms with Gasteiger partial charge < -0.3 is 20.0 Å². The molecule has 27 heavy (non-hydrogen) atoms. The van der Waals surface area contributed by atoms with E-state index in [0.29, 0.717) is 11.6 Å². The van der Waals surface area contributed by atoms with Crippen molar-refractivity contribution in [1.29, 1.82) is 0 Å². The zero-order valence-electron chi connectivity index (χ0n) is 16.8. The monoisotopic (exact) mass is 375 g/mol. The highest BCUT2D eigenvalue weighted by Crippen LogP contribution is 2.20. The second-order valence-electron chi connectivity index (χ2n) is 7.58. The van der Waals surface area contributed by atoms with Crippen LogP contribution in [0.1, 0.15) is 26.7 Å². The standard InChI is InChI=1S/C21H34FN5/c1-3-10-25-11-9-18(17-25)16-24-21(23-4-2)27-14-12-26(13-15-27)20-8-6-5-7-19(20)22/h5-8,18H,3-4,9-17H2,1-2H3,(H,23,24). The minimum atomic E-state index is -0.135. The summed E-state index contributed by atoms with van der Waals surface area (Å²) in [6, 6.07) is 7.05. The van der Waals surface area contributed by atoms with Crippen molar-refractivity contribution >= 4 is 11.6 Å². The van der Waals surface area contributed by atoms with Crippen molar-refractivity contribution in [3.8, 4) is 0 Å². The number of guanidine groups is 1. The first-order valence-electron chi connectivity index (χ1n) is 10.5. The lowest BCUT2D eigenvalue weighted by molar-refractivity contribution is 0.325. The summed E-state index contributed by atoms with van der Waals surface area (Å²) in [5, 5.41) is 3.45. The molecule has 3 rings (SSSR count). The molecule has 2 fully saturated rings. The Morgan fingerprint density at radius 1 is 1.15 bits per heavy atom. The Bertz CT molecular complexity index is 612. The van der Waals surface area contributed by atoms with E-state index in [9.17, 15) is 4.39 Å². The molecule has 6 heteroatoms. The average molecular weight is 376 g/mol. The molecule has 1 aromatic carbocycles. The van der Waals surface area contributed by atoms with E-state index in [-0.39, 0.29) is 5.82 Å². The van der Waals surface area contributed by atoms with Crippen molar-refractivity contribution in [1.82, 2.24) is 15.1 Å². The minimum absolute atomic E-state index is 0.135. The van der Waals surface area contributed by atoms with E-state index in [1.807, 2.05) is 12.1 Å². The molecule has 150 valence electrons. The maximum atomic E-state index is 14.0. The smallest absolute Gasteiger partial charge is 0.194 e. The van der Waals surface area contributed by atoms with Crippen LogP contribution in [0.25, 0.3) is 0 Å². The van der Waals surface area contributed by atoms with Gasteiger partial charge in [-0.1, -0.05) is 19.1 Å². The van der Waals surface area contributed by atoms with Crippen LogP contribution in [0.3, 0.4) is 0 Å². The fraction of sp³-hybridized carbons (Fsp3) is 0.667. The van der Waals surface area contributed by atoms with Crippen LogP contribution in [-0.4, -0.2) is 74.7 Å². The fourth-order valence-corrected chi connectivity index (χ4v) is 4.09. The second kappa shape index (κ2) is 9.93. The Balaban J connectivity index is 1.54. The van der Waals surface area contributed by atoms with Crippen molar-refractivity contribution in [3.05, 3.63) is 30.1 Å². The first-order chi connectivity index (χ1) is 13.2. The zero-order chi connectivity index (χ0) is 19.1. The Morgan fingerprint density at radius 3 is 2.63 bits per heavy atom. The van der Waals surface area contributed by atoms with Crippen molar-refractivity contribution in [3.63, 3.8) is 0 Å². The molecule has 0 bridgehead atoms. The van der Waals surface area contributed by atoms with E-state index in [1.165, 1.54) is 38.5 Å². The van der Waals surface area contributed by atoms with Crippen molar-refractivity contribution < 1.29 is 4.39 Å². The number of para-hydroxylation sites is 1. The Hall–Kier alpha value is -1.82. The van der Waals surface area contributed by atoms with Crippen LogP contribution in [-0.2, 0) is 0 Å². The number of nitrogens with one attached hydrogen (secondary N) is 1. The van der Waals surface area contributed by atoms with Crippen LogP contribution in [0, 0.1) is 11.7 Å². The molecule has 1 unspecified atom stereocenters. The van der Waals surface area contributed by atoms with Crippen LogP contribution < -0.4 is 10.2 Å². The summed E-state index contributed by atoms with van der Waals surface area (Å²) in [6.45, 7) is 13.1. The molecule has 2 saturated heterocycles. The molecule has 0 spiro atoms. The SMILES string of the molecule is CCCN1CCC(CN=C(NCC)N2CCN(c3ccccc3F)CC2)C1. The average Bonchev–Trinajstić information content (AvgIpc) is 3.14. The number of hydrogen-bond acceptors (Lipinski definition) is 3. The van der Waals surface area contributed by atoms with E-state index < -0.39 is 0 Å². The Kier molecular flexibility index (Phi) is 7.33. The van der Waals surface area contributed by atoms with Gasteiger partial charge >= 0.3 is 0 Å². The summed E-state index contributed by atoms with van der Waals surface area (Å²) in [7, 11) is 0. The van der Waals surface area contributed by atoms with Gasteiger partial charge in [-0.05, 0) is 50.9 Å². The quantitative estimate of drug-likeness (QED) is 0.612. The largest absolute Gasteiger partial charge is 0.366 e. The molecule has 2 heterocycles. The molecular weight excluding hydrogens is 341 g/mol. The first-order valence-corrected chi connectivity index (χ1v) is 10.5. The van der Waals surface area contributed by atoms with E-state index >= 15 is 0 Å². The van der Waals surface area contributed by atoms with Gasteiger partial charge in [-0.25, -0.2) is 4.39 Å². The number of rotatable bonds is 6. The van der Waals surface area contributed by atoms with Crippen LogP contribution in [0.2, 0.25) is 0 Å². The van der Waals surface area contributed by atoms with Gasteiger partial charge in [-0.3, -0.25) is 4.99 Å². The summed E-state index contributed by atoms with van der Waals surface area (Å²) in [4.78, 5) is 12.0. The molecule has 0 aromatic heterocycles. The fourth-order valence-electron chi connectivity index (χ4n) is 4.09. The Morgan fingerprint density at radius 2 is 1.93 bits per heavy atom. The third-order valence-electron chi connectivity index (χ3n) is 5.52. The van der Waals surface area contributed by atoms with E-state index in [2.05, 4.69) is 33.9 Å². The van der Waals surface area contributed by atoms with Gasteiger partial charge in [0.2, 0.25) is 0 Å². The summed E-state index contributed by atoms with van der Waals surface area (Å²) in [6.07, 6.45) is 2.48. The topological polar surface area (TPSA) is 34.1 Å². The van der Waals surface area contributed by atoms with Gasteiger partial charge in [-0.15, -0.1) is 0 Å². The van der Waals surface area contributed by atoms with Gasteiger partial charge in [0, 0.05) is 45.8 Å². The van der Waals surface area contributed by atoms with Crippen molar-refractivity contribution in [2.24, 2.45) is 10.9 Å². The van der Waals surface area contributed by atoms with Crippen LogP contribution in [0.15, 0.2) is 29.3 Å². The highest BCUT2D eigenvalue weighted by Gasteiger charge is 2.24. The van der Waals surface area contributed by atoms with Crippen LogP contribution in [0.5, 0.6) is 0 Å². The predicted molar refractivity (Wildman–Crippen MR) is 111 cm³/mol. The van der Waals surface area contributed by atoms with E-state index in [0.717, 1.165) is 45.2 Å². The van der Waals surface area contributed by atoms with Crippen molar-refractivity contribution in [2.75, 3.05) is 63.8 Å². The summed E-state index contributed by atoms with van der Waals surface area (Å²) in [5.74, 6) is 1.55. The number of anilines is 1. The summed E-state index contributed by atoms with van der Waals surface area (Å²) < 4.78 is 14.0. The van der Waals surface area contributed by atoms with Crippen LogP contribution in [0.4, 0.5) is 10.1 Å². The highest BCUT2D eigenvalue weighted by molar-refractivity contribution is 5.80. The minimum Gasteiger partial charge on any atom is -0.366 e. The van der Waals surface area contributed by atoms with Gasteiger partial charge in [0.1, 0.15) is 5.82 Å². The zero-order valence-corrected chi connectivity index (χ0v) is 16.8. The molecule has 0 radical (unpaired) electrons. The van der Waals surface area contributed by atoms with E-state index in [1.54, 1.807) is 6.07 Å². The van der Waals surface area contributed by atoms with Crippen molar-refractivity contribution in [2.45, 2.75) is 26.7 Å². The molecular formula is C21H34FN5. The molecule has 1 atom stereocenters. The lowest BCUT2D eigenvalue weighted by Gasteiger charge is -2.37.